The summed E-state index contributed by atoms with van der Waals surface area (Å²) in [4.78, 5) is 23.8. The number of nitro benzene ring substituents is 1. The van der Waals surface area contributed by atoms with Crippen LogP contribution >= 0.6 is 0 Å². The molecule has 0 atom stereocenters. The number of amides is 1. The Morgan fingerprint density at radius 3 is 2.90 bits per heavy atom. The molecule has 0 saturated heterocycles. The molecule has 8 nitrogen and oxygen atoms in total. The maximum absolute atomic E-state index is 11.3. The number of nitro groups is 1. The van der Waals surface area contributed by atoms with Gasteiger partial charge in [0.25, 0.3) is 11.6 Å². The summed E-state index contributed by atoms with van der Waals surface area (Å²) in [5.41, 5.74) is 0.735. The van der Waals surface area contributed by atoms with Crippen LogP contribution in [0.4, 0.5) is 17.1 Å². The Hall–Kier alpha value is -2.35. The molecule has 0 unspecified atom stereocenters. The molecular weight excluding hydrogens is 264 g/mol. The first-order chi connectivity index (χ1) is 9.47. The van der Waals surface area contributed by atoms with Gasteiger partial charge in [-0.1, -0.05) is 0 Å². The predicted molar refractivity (Wildman–Crippen MR) is 74.3 cm³/mol. The van der Waals surface area contributed by atoms with Crippen molar-refractivity contribution in [3.8, 4) is 5.75 Å². The zero-order valence-electron chi connectivity index (χ0n) is 11.3. The van der Waals surface area contributed by atoms with E-state index in [-0.39, 0.29) is 18.2 Å². The molecule has 1 aromatic carbocycles. The van der Waals surface area contributed by atoms with E-state index in [1.54, 1.807) is 0 Å². The molecule has 2 N–H and O–H groups in total. The number of hydrogen-bond donors (Lipinski definition) is 2. The largest absolute Gasteiger partial charge is 0.481 e. The molecular formula is C12H16N4O4. The smallest absolute Gasteiger partial charge is 0.296 e. The van der Waals surface area contributed by atoms with Crippen LogP contribution in [0.3, 0.4) is 0 Å². The summed E-state index contributed by atoms with van der Waals surface area (Å²) in [5.74, 6) is 0.0417. The Labute approximate surface area is 115 Å². The zero-order chi connectivity index (χ0) is 14.7. The van der Waals surface area contributed by atoms with E-state index in [0.29, 0.717) is 23.7 Å². The van der Waals surface area contributed by atoms with Crippen LogP contribution in [0.15, 0.2) is 12.1 Å². The molecule has 0 spiro atoms. The summed E-state index contributed by atoms with van der Waals surface area (Å²) in [7, 11) is 3.83. The second kappa shape index (κ2) is 5.74. The fourth-order valence-electron chi connectivity index (χ4n) is 1.82. The molecule has 0 aliphatic carbocycles. The molecule has 0 saturated carbocycles. The standard InChI is InChI=1S/C12H16N4O4/c1-15(2)4-3-13-8-5-9-11(6-10(8)16(18)19)20-7-12(17)14-9/h5-6,13H,3-4,7H2,1-2H3,(H,14,17). The number of hydrogen-bond acceptors (Lipinski definition) is 6. The maximum Gasteiger partial charge on any atom is 0.296 e. The van der Waals surface area contributed by atoms with Crippen LogP contribution in [0.5, 0.6) is 5.75 Å². The minimum absolute atomic E-state index is 0.0707. The minimum Gasteiger partial charge on any atom is -0.481 e. The molecule has 20 heavy (non-hydrogen) atoms. The molecule has 8 heteroatoms. The minimum atomic E-state index is -0.474. The molecule has 0 fully saturated rings. The number of nitrogens with zero attached hydrogens (tertiary/aromatic N) is 2. The molecule has 1 aliphatic rings. The summed E-state index contributed by atoms with van der Waals surface area (Å²) in [5, 5.41) is 16.7. The van der Waals surface area contributed by atoms with Crippen molar-refractivity contribution in [3.05, 3.63) is 22.2 Å². The third kappa shape index (κ3) is 3.15. The third-order valence-corrected chi connectivity index (χ3v) is 2.80. The van der Waals surface area contributed by atoms with Crippen LogP contribution in [-0.2, 0) is 4.79 Å². The number of nitrogens with one attached hydrogen (secondary N) is 2. The van der Waals surface area contributed by atoms with Crippen molar-refractivity contribution in [3.63, 3.8) is 0 Å². The Morgan fingerprint density at radius 1 is 1.50 bits per heavy atom. The number of likely N-dealkylation sites (N-methyl/N-ethyl adjacent to an activating group) is 1. The van der Waals surface area contributed by atoms with Crippen molar-refractivity contribution in [1.29, 1.82) is 0 Å². The van der Waals surface area contributed by atoms with Gasteiger partial charge >= 0.3 is 0 Å². The van der Waals surface area contributed by atoms with Crippen molar-refractivity contribution < 1.29 is 14.5 Å². The lowest BCUT2D eigenvalue weighted by atomic mass is 10.2. The normalized spacial score (nSPS) is 13.4. The van der Waals surface area contributed by atoms with Gasteiger partial charge in [0.2, 0.25) is 0 Å². The molecule has 1 amide bonds. The summed E-state index contributed by atoms with van der Waals surface area (Å²) < 4.78 is 5.17. The Kier molecular flexibility index (Phi) is 4.04. The third-order valence-electron chi connectivity index (χ3n) is 2.80. The number of ether oxygens (including phenoxy) is 1. The van der Waals surface area contributed by atoms with Crippen LogP contribution in [0.25, 0.3) is 0 Å². The van der Waals surface area contributed by atoms with Crippen molar-refractivity contribution in [2.45, 2.75) is 0 Å². The number of fused-ring (bicyclic) bond motifs is 1. The average molecular weight is 280 g/mol. The Morgan fingerprint density at radius 2 is 2.25 bits per heavy atom. The summed E-state index contributed by atoms with van der Waals surface area (Å²) in [6, 6.07) is 2.85. The number of anilines is 2. The van der Waals surface area contributed by atoms with Crippen LogP contribution in [-0.4, -0.2) is 49.5 Å². The van der Waals surface area contributed by atoms with Gasteiger partial charge in [-0.25, -0.2) is 0 Å². The SMILES string of the molecule is CN(C)CCNc1cc2c(cc1[N+](=O)[O-])OCC(=O)N2. The molecule has 0 radical (unpaired) electrons. The molecule has 1 aromatic rings. The quantitative estimate of drug-likeness (QED) is 0.614. The van der Waals surface area contributed by atoms with Gasteiger partial charge in [0.05, 0.1) is 16.7 Å². The summed E-state index contributed by atoms with van der Waals surface area (Å²) >= 11 is 0. The molecule has 1 heterocycles. The highest BCUT2D eigenvalue weighted by Crippen LogP contribution is 2.37. The van der Waals surface area contributed by atoms with Crippen molar-refractivity contribution in [2.75, 3.05) is 44.4 Å². The zero-order valence-corrected chi connectivity index (χ0v) is 11.3. The first-order valence-electron chi connectivity index (χ1n) is 6.11. The van der Waals surface area contributed by atoms with Gasteiger partial charge in [-0.2, -0.15) is 0 Å². The van der Waals surface area contributed by atoms with E-state index >= 15 is 0 Å². The van der Waals surface area contributed by atoms with Crippen molar-refractivity contribution >= 4 is 23.0 Å². The van der Waals surface area contributed by atoms with Crippen LogP contribution in [0.1, 0.15) is 0 Å². The van der Waals surface area contributed by atoms with Gasteiger partial charge in [-0.15, -0.1) is 0 Å². The second-order valence-corrected chi connectivity index (χ2v) is 4.69. The van der Waals surface area contributed by atoms with Gasteiger partial charge in [-0.05, 0) is 20.2 Å². The number of carbonyl (C=O) groups excluding carboxylic acids is 1. The fourth-order valence-corrected chi connectivity index (χ4v) is 1.82. The highest BCUT2D eigenvalue weighted by Gasteiger charge is 2.23. The maximum atomic E-state index is 11.3. The van der Waals surface area contributed by atoms with Crippen LogP contribution in [0.2, 0.25) is 0 Å². The number of benzene rings is 1. The van der Waals surface area contributed by atoms with E-state index in [9.17, 15) is 14.9 Å². The highest BCUT2D eigenvalue weighted by molar-refractivity contribution is 5.96. The van der Waals surface area contributed by atoms with Gasteiger partial charge in [0.1, 0.15) is 5.69 Å². The highest BCUT2D eigenvalue weighted by atomic mass is 16.6. The lowest BCUT2D eigenvalue weighted by Crippen LogP contribution is -2.26. The lowest BCUT2D eigenvalue weighted by Gasteiger charge is -2.19. The number of carbonyl (C=O) groups is 1. The van der Waals surface area contributed by atoms with E-state index in [2.05, 4.69) is 10.6 Å². The molecule has 1 aliphatic heterocycles. The summed E-state index contributed by atoms with van der Waals surface area (Å²) in [6.07, 6.45) is 0. The van der Waals surface area contributed by atoms with Crippen molar-refractivity contribution in [2.24, 2.45) is 0 Å². The monoisotopic (exact) mass is 280 g/mol. The first-order valence-corrected chi connectivity index (χ1v) is 6.11. The lowest BCUT2D eigenvalue weighted by molar-refractivity contribution is -0.384. The molecule has 0 bridgehead atoms. The van der Waals surface area contributed by atoms with Gasteiger partial charge in [0, 0.05) is 13.1 Å². The van der Waals surface area contributed by atoms with Crippen LogP contribution < -0.4 is 15.4 Å². The van der Waals surface area contributed by atoms with Crippen molar-refractivity contribution in [1.82, 2.24) is 4.90 Å². The molecule has 108 valence electrons. The predicted octanol–water partition coefficient (Wildman–Crippen LogP) is 0.899. The topological polar surface area (TPSA) is 96.7 Å². The van der Waals surface area contributed by atoms with E-state index < -0.39 is 4.92 Å². The number of rotatable bonds is 5. The van der Waals surface area contributed by atoms with Crippen LogP contribution in [0, 0.1) is 10.1 Å². The van der Waals surface area contributed by atoms with Gasteiger partial charge in [0.15, 0.2) is 12.4 Å². The van der Waals surface area contributed by atoms with Gasteiger partial charge in [-0.3, -0.25) is 14.9 Å². The first kappa shape index (κ1) is 14.1. The van der Waals surface area contributed by atoms with E-state index in [1.807, 2.05) is 19.0 Å². The van der Waals surface area contributed by atoms with Gasteiger partial charge < -0.3 is 20.3 Å². The fraction of sp³-hybridized carbons (Fsp3) is 0.417. The molecule has 0 aromatic heterocycles. The molecule has 2 rings (SSSR count). The van der Waals surface area contributed by atoms with E-state index in [0.717, 1.165) is 6.54 Å². The average Bonchev–Trinajstić information content (AvgIpc) is 2.37. The second-order valence-electron chi connectivity index (χ2n) is 4.69. The Balaban J connectivity index is 2.26. The van der Waals surface area contributed by atoms with E-state index in [1.165, 1.54) is 12.1 Å². The summed E-state index contributed by atoms with van der Waals surface area (Å²) in [6.45, 7) is 1.16. The van der Waals surface area contributed by atoms with E-state index in [4.69, 9.17) is 4.74 Å². The Bertz CT molecular complexity index is 545.